The number of hydrogen-bond donors (Lipinski definition) is 0. The van der Waals surface area contributed by atoms with Gasteiger partial charge in [0.1, 0.15) is 6.61 Å². The Labute approximate surface area is 135 Å². The van der Waals surface area contributed by atoms with E-state index < -0.39 is 11.7 Å². The molecular weight excluding hydrogens is 280 g/mol. The maximum atomic E-state index is 11.7. The highest BCUT2D eigenvalue weighted by Gasteiger charge is 2.34. The first-order valence-corrected chi connectivity index (χ1v) is 8.43. The maximum Gasteiger partial charge on any atom is 0.335 e. The fourth-order valence-corrected chi connectivity index (χ4v) is 3.25. The Morgan fingerprint density at radius 1 is 1.32 bits per heavy atom. The lowest BCUT2D eigenvalue weighted by Crippen LogP contribution is -2.40. The van der Waals surface area contributed by atoms with Gasteiger partial charge in [-0.2, -0.15) is 0 Å². The Hall–Kier alpha value is -0.610. The monoisotopic (exact) mass is 314 g/mol. The van der Waals surface area contributed by atoms with Gasteiger partial charge in [-0.15, -0.1) is 0 Å². The third-order valence-corrected chi connectivity index (χ3v) is 4.66. The highest BCUT2D eigenvalue weighted by atomic mass is 16.6. The van der Waals surface area contributed by atoms with E-state index in [9.17, 15) is 4.79 Å². The molecule has 0 aliphatic heterocycles. The third-order valence-electron chi connectivity index (χ3n) is 4.66. The number of rotatable bonds is 7. The molecule has 1 saturated carbocycles. The second kappa shape index (κ2) is 7.78. The fourth-order valence-electron chi connectivity index (χ4n) is 3.25. The zero-order valence-corrected chi connectivity index (χ0v) is 15.4. The molecule has 1 aliphatic carbocycles. The number of carbonyl (C=O) groups is 1. The van der Waals surface area contributed by atoms with Gasteiger partial charge < -0.3 is 14.2 Å². The largest absolute Gasteiger partial charge is 0.461 e. The van der Waals surface area contributed by atoms with Gasteiger partial charge in [-0.3, -0.25) is 0 Å². The third kappa shape index (κ3) is 6.25. The molecule has 0 heterocycles. The second-order valence-corrected chi connectivity index (χ2v) is 8.09. The molecule has 130 valence electrons. The predicted octanol–water partition coefficient (Wildman–Crippen LogP) is 3.96. The van der Waals surface area contributed by atoms with Gasteiger partial charge in [0, 0.05) is 7.11 Å². The summed E-state index contributed by atoms with van der Waals surface area (Å²) in [6.07, 6.45) is 4.63. The molecule has 0 spiro atoms. The van der Waals surface area contributed by atoms with E-state index in [1.54, 1.807) is 6.92 Å². The molecule has 4 nitrogen and oxygen atoms in total. The van der Waals surface area contributed by atoms with E-state index in [4.69, 9.17) is 14.2 Å². The Kier molecular flexibility index (Phi) is 6.87. The number of methoxy groups -OCH3 is 1. The van der Waals surface area contributed by atoms with Gasteiger partial charge in [0.05, 0.1) is 11.7 Å². The second-order valence-electron chi connectivity index (χ2n) is 8.09. The average molecular weight is 314 g/mol. The summed E-state index contributed by atoms with van der Waals surface area (Å²) in [7, 11) is 1.50. The Morgan fingerprint density at radius 3 is 2.50 bits per heavy atom. The molecular formula is C18H34O4. The molecule has 3 atom stereocenters. The van der Waals surface area contributed by atoms with Crippen molar-refractivity contribution in [3.63, 3.8) is 0 Å². The first-order valence-electron chi connectivity index (χ1n) is 8.43. The van der Waals surface area contributed by atoms with E-state index in [0.29, 0.717) is 11.3 Å². The van der Waals surface area contributed by atoms with Crippen molar-refractivity contribution in [3.8, 4) is 0 Å². The van der Waals surface area contributed by atoms with Crippen molar-refractivity contribution < 1.29 is 19.0 Å². The molecule has 1 fully saturated rings. The van der Waals surface area contributed by atoms with E-state index in [1.807, 2.05) is 13.8 Å². The predicted molar refractivity (Wildman–Crippen MR) is 87.8 cm³/mol. The van der Waals surface area contributed by atoms with Crippen molar-refractivity contribution in [2.24, 2.45) is 11.3 Å². The van der Waals surface area contributed by atoms with Crippen LogP contribution in [0.3, 0.4) is 0 Å². The minimum atomic E-state index is -0.535. The van der Waals surface area contributed by atoms with Crippen LogP contribution in [0.2, 0.25) is 0 Å². The van der Waals surface area contributed by atoms with Crippen LogP contribution in [0.5, 0.6) is 0 Å². The van der Waals surface area contributed by atoms with Crippen molar-refractivity contribution in [1.29, 1.82) is 0 Å². The van der Waals surface area contributed by atoms with E-state index in [2.05, 4.69) is 20.8 Å². The highest BCUT2D eigenvalue weighted by molar-refractivity contribution is 5.74. The molecule has 0 amide bonds. The molecule has 0 aromatic heterocycles. The number of carbonyl (C=O) groups excluding carboxylic acids is 1. The molecule has 1 rings (SSSR count). The minimum absolute atomic E-state index is 0.174. The van der Waals surface area contributed by atoms with Gasteiger partial charge >= 0.3 is 5.97 Å². The number of esters is 1. The van der Waals surface area contributed by atoms with Gasteiger partial charge in [0.25, 0.3) is 0 Å². The summed E-state index contributed by atoms with van der Waals surface area (Å²) >= 11 is 0. The van der Waals surface area contributed by atoms with Crippen molar-refractivity contribution in [2.75, 3.05) is 13.7 Å². The molecule has 0 radical (unpaired) electrons. The first kappa shape index (κ1) is 19.4. The molecule has 0 aromatic rings. The van der Waals surface area contributed by atoms with Crippen LogP contribution in [0.15, 0.2) is 0 Å². The lowest BCUT2D eigenvalue weighted by atomic mass is 9.71. The minimum Gasteiger partial charge on any atom is -0.461 e. The summed E-state index contributed by atoms with van der Waals surface area (Å²) in [5, 5.41) is 0. The Bertz CT molecular complexity index is 362. The van der Waals surface area contributed by atoms with Gasteiger partial charge in [0.15, 0.2) is 6.10 Å². The Balaban J connectivity index is 2.47. The van der Waals surface area contributed by atoms with Crippen molar-refractivity contribution in [2.45, 2.75) is 85.0 Å². The zero-order valence-electron chi connectivity index (χ0n) is 15.4. The van der Waals surface area contributed by atoms with Crippen molar-refractivity contribution in [1.82, 2.24) is 0 Å². The fraction of sp³-hybridized carbons (Fsp3) is 0.944. The standard InChI is InChI=1S/C18H34O4/c1-13(15-9-8-10-17(3,4)11-15)22-18(5,6)12-21-16(19)14(2)20-7/h13-15H,8-12H2,1-7H3. The lowest BCUT2D eigenvalue weighted by Gasteiger charge is -2.40. The normalized spacial score (nSPS) is 24.6. The van der Waals surface area contributed by atoms with E-state index in [1.165, 1.54) is 32.8 Å². The van der Waals surface area contributed by atoms with Crippen LogP contribution in [0.1, 0.15) is 67.2 Å². The lowest BCUT2D eigenvalue weighted by molar-refractivity contribution is -0.170. The number of hydrogen-bond acceptors (Lipinski definition) is 4. The molecule has 0 N–H and O–H groups in total. The molecule has 3 unspecified atom stereocenters. The summed E-state index contributed by atoms with van der Waals surface area (Å²) in [6.45, 7) is 12.7. The average Bonchev–Trinajstić information content (AvgIpc) is 2.42. The molecule has 0 aromatic carbocycles. The maximum absolute atomic E-state index is 11.7. The SMILES string of the molecule is COC(C)C(=O)OCC(C)(C)OC(C)C1CCCC(C)(C)C1. The highest BCUT2D eigenvalue weighted by Crippen LogP contribution is 2.41. The summed E-state index contributed by atoms with van der Waals surface area (Å²) in [4.78, 5) is 11.7. The number of ether oxygens (including phenoxy) is 3. The summed E-state index contributed by atoms with van der Waals surface area (Å²) in [5.41, 5.74) is -0.0742. The van der Waals surface area contributed by atoms with Crippen LogP contribution in [0, 0.1) is 11.3 Å². The molecule has 1 aliphatic rings. The molecule has 4 heteroatoms. The molecule has 22 heavy (non-hydrogen) atoms. The summed E-state index contributed by atoms with van der Waals surface area (Å²) < 4.78 is 16.5. The van der Waals surface area contributed by atoms with E-state index in [0.717, 1.165) is 0 Å². The molecule has 0 saturated heterocycles. The summed E-state index contributed by atoms with van der Waals surface area (Å²) in [6, 6.07) is 0. The van der Waals surface area contributed by atoms with Crippen LogP contribution in [-0.2, 0) is 19.0 Å². The van der Waals surface area contributed by atoms with Crippen LogP contribution in [0.25, 0.3) is 0 Å². The van der Waals surface area contributed by atoms with Gasteiger partial charge in [-0.25, -0.2) is 4.79 Å². The van der Waals surface area contributed by atoms with E-state index in [-0.39, 0.29) is 18.7 Å². The van der Waals surface area contributed by atoms with Crippen molar-refractivity contribution in [3.05, 3.63) is 0 Å². The van der Waals surface area contributed by atoms with E-state index >= 15 is 0 Å². The van der Waals surface area contributed by atoms with Crippen LogP contribution in [0.4, 0.5) is 0 Å². The quantitative estimate of drug-likeness (QED) is 0.667. The molecule has 0 bridgehead atoms. The van der Waals surface area contributed by atoms with Crippen molar-refractivity contribution >= 4 is 5.97 Å². The Morgan fingerprint density at radius 2 is 1.95 bits per heavy atom. The van der Waals surface area contributed by atoms with Gasteiger partial charge in [0.2, 0.25) is 0 Å². The van der Waals surface area contributed by atoms with Gasteiger partial charge in [-0.05, 0) is 58.3 Å². The van der Waals surface area contributed by atoms with Gasteiger partial charge in [-0.1, -0.05) is 20.3 Å². The van der Waals surface area contributed by atoms with Crippen LogP contribution in [-0.4, -0.2) is 37.5 Å². The summed E-state index contributed by atoms with van der Waals surface area (Å²) in [5.74, 6) is 0.238. The van der Waals surface area contributed by atoms with Crippen LogP contribution >= 0.6 is 0 Å². The first-order chi connectivity index (χ1) is 10.1. The smallest absolute Gasteiger partial charge is 0.335 e. The van der Waals surface area contributed by atoms with Crippen LogP contribution < -0.4 is 0 Å². The zero-order chi connectivity index (χ0) is 17.0. The topological polar surface area (TPSA) is 44.8 Å².